The molecule has 11 nitrogen and oxygen atoms in total. The molecule has 0 aliphatic rings. The number of hydrogen-bond donors (Lipinski definition) is 3. The standard InChI is InChI=1S/C27H24N6O5S2/c1-3-23(25(34)28-17-12-14-18(15-13-17)40(36,37)33-27-32-31-16(2)39-27)38-26(35)20-9-5-4-8-19(20)24-29-21-10-6-7-11-22(21)30-24/h4-15,23H,3H2,1-2H3,(H,28,34)(H,29,30)(H,32,33). The summed E-state index contributed by atoms with van der Waals surface area (Å²) in [6, 6.07) is 20.0. The van der Waals surface area contributed by atoms with E-state index in [4.69, 9.17) is 4.74 Å². The number of anilines is 2. The van der Waals surface area contributed by atoms with Gasteiger partial charge in [-0.15, -0.1) is 10.2 Å². The number of nitrogens with zero attached hydrogens (tertiary/aromatic N) is 3. The van der Waals surface area contributed by atoms with E-state index in [0.717, 1.165) is 22.4 Å². The summed E-state index contributed by atoms with van der Waals surface area (Å²) in [6.07, 6.45) is -0.857. The van der Waals surface area contributed by atoms with E-state index in [-0.39, 0.29) is 22.0 Å². The van der Waals surface area contributed by atoms with E-state index < -0.39 is 28.0 Å². The van der Waals surface area contributed by atoms with Crippen LogP contribution in [0.4, 0.5) is 10.8 Å². The molecule has 3 aromatic carbocycles. The summed E-state index contributed by atoms with van der Waals surface area (Å²) >= 11 is 1.11. The highest BCUT2D eigenvalue weighted by Gasteiger charge is 2.25. The maximum absolute atomic E-state index is 13.2. The van der Waals surface area contributed by atoms with Gasteiger partial charge in [0.05, 0.1) is 21.5 Å². The summed E-state index contributed by atoms with van der Waals surface area (Å²) in [4.78, 5) is 33.9. The smallest absolute Gasteiger partial charge is 0.339 e. The number of aryl methyl sites for hydroxylation is 1. The number of aromatic nitrogens is 4. The van der Waals surface area contributed by atoms with Gasteiger partial charge in [0.15, 0.2) is 6.10 Å². The number of aromatic amines is 1. The number of carbonyl (C=O) groups is 2. The number of carbonyl (C=O) groups excluding carboxylic acids is 2. The number of sulfonamides is 1. The first-order chi connectivity index (χ1) is 19.2. The molecule has 0 saturated heterocycles. The number of esters is 1. The molecule has 0 fully saturated rings. The fourth-order valence-electron chi connectivity index (χ4n) is 3.91. The van der Waals surface area contributed by atoms with Crippen LogP contribution in [0.15, 0.2) is 77.7 Å². The predicted molar refractivity (Wildman–Crippen MR) is 152 cm³/mol. The number of imidazole rings is 1. The Hall–Kier alpha value is -4.62. The second-order valence-corrected chi connectivity index (χ2v) is 11.6. The molecule has 3 N–H and O–H groups in total. The third-order valence-corrected chi connectivity index (χ3v) is 8.12. The summed E-state index contributed by atoms with van der Waals surface area (Å²) in [6.45, 7) is 3.44. The zero-order valence-corrected chi connectivity index (χ0v) is 23.0. The fourth-order valence-corrected chi connectivity index (χ4v) is 5.74. The van der Waals surface area contributed by atoms with Crippen molar-refractivity contribution in [2.45, 2.75) is 31.3 Å². The van der Waals surface area contributed by atoms with Gasteiger partial charge in [-0.25, -0.2) is 18.2 Å². The molecule has 2 aromatic heterocycles. The summed E-state index contributed by atoms with van der Waals surface area (Å²) in [5.74, 6) is -0.704. The van der Waals surface area contributed by atoms with E-state index in [9.17, 15) is 18.0 Å². The zero-order chi connectivity index (χ0) is 28.3. The molecule has 5 rings (SSSR count). The van der Waals surface area contributed by atoms with Crippen LogP contribution in [0.3, 0.4) is 0 Å². The van der Waals surface area contributed by atoms with E-state index >= 15 is 0 Å². The Kier molecular flexibility index (Phi) is 7.58. The van der Waals surface area contributed by atoms with E-state index in [1.807, 2.05) is 24.3 Å². The summed E-state index contributed by atoms with van der Waals surface area (Å²) in [5.41, 5.74) is 2.74. The van der Waals surface area contributed by atoms with E-state index in [1.54, 1.807) is 38.1 Å². The molecule has 204 valence electrons. The van der Waals surface area contributed by atoms with Crippen LogP contribution in [0.25, 0.3) is 22.4 Å². The number of benzene rings is 3. The minimum atomic E-state index is -3.88. The molecule has 0 saturated carbocycles. The quantitative estimate of drug-likeness (QED) is 0.212. The van der Waals surface area contributed by atoms with Crippen LogP contribution in [0.5, 0.6) is 0 Å². The van der Waals surface area contributed by atoms with Crippen molar-refractivity contribution in [1.82, 2.24) is 20.2 Å². The van der Waals surface area contributed by atoms with Crippen molar-refractivity contribution in [3.05, 3.63) is 83.4 Å². The molecule has 0 spiro atoms. The van der Waals surface area contributed by atoms with E-state index in [0.29, 0.717) is 22.1 Å². The van der Waals surface area contributed by atoms with Gasteiger partial charge in [-0.1, -0.05) is 48.6 Å². The Morgan fingerprint density at radius 2 is 1.73 bits per heavy atom. The lowest BCUT2D eigenvalue weighted by atomic mass is 10.1. The molecule has 0 radical (unpaired) electrons. The minimum Gasteiger partial charge on any atom is -0.449 e. The van der Waals surface area contributed by atoms with Crippen LogP contribution in [-0.2, 0) is 19.6 Å². The molecule has 5 aromatic rings. The van der Waals surface area contributed by atoms with Gasteiger partial charge >= 0.3 is 5.97 Å². The predicted octanol–water partition coefficient (Wildman–Crippen LogP) is 4.76. The number of H-pyrrole nitrogens is 1. The maximum atomic E-state index is 13.2. The topological polar surface area (TPSA) is 156 Å². The first kappa shape index (κ1) is 27.0. The Balaban J connectivity index is 1.27. The van der Waals surface area contributed by atoms with Gasteiger partial charge in [0.2, 0.25) is 5.13 Å². The molecule has 0 aliphatic heterocycles. The Bertz CT molecular complexity index is 1760. The van der Waals surface area contributed by atoms with E-state index in [2.05, 4.69) is 30.2 Å². The van der Waals surface area contributed by atoms with Gasteiger partial charge in [-0.05, 0) is 55.8 Å². The largest absolute Gasteiger partial charge is 0.449 e. The van der Waals surface area contributed by atoms with Crippen molar-refractivity contribution in [2.24, 2.45) is 0 Å². The molecular formula is C27H24N6O5S2. The second-order valence-electron chi connectivity index (χ2n) is 8.70. The summed E-state index contributed by atoms with van der Waals surface area (Å²) in [7, 11) is -3.88. The van der Waals surface area contributed by atoms with Crippen LogP contribution >= 0.6 is 11.3 Å². The van der Waals surface area contributed by atoms with E-state index in [1.165, 1.54) is 24.3 Å². The first-order valence-corrected chi connectivity index (χ1v) is 14.5. The zero-order valence-electron chi connectivity index (χ0n) is 21.4. The number of para-hydroxylation sites is 2. The number of nitrogens with one attached hydrogen (secondary N) is 3. The van der Waals surface area contributed by atoms with Crippen molar-refractivity contribution in [3.8, 4) is 11.4 Å². The molecule has 2 heterocycles. The maximum Gasteiger partial charge on any atom is 0.339 e. The van der Waals surface area contributed by atoms with Gasteiger partial charge in [-0.2, -0.15) is 0 Å². The highest BCUT2D eigenvalue weighted by atomic mass is 32.2. The number of ether oxygens (including phenoxy) is 1. The third kappa shape index (κ3) is 5.84. The average Bonchev–Trinajstić information content (AvgIpc) is 3.57. The second kappa shape index (κ2) is 11.2. The fraction of sp³-hybridized carbons (Fsp3) is 0.148. The molecule has 13 heteroatoms. The van der Waals surface area contributed by atoms with Gasteiger partial charge in [-0.3, -0.25) is 9.52 Å². The number of fused-ring (bicyclic) bond motifs is 1. The van der Waals surface area contributed by atoms with Crippen LogP contribution < -0.4 is 10.0 Å². The Morgan fingerprint density at radius 1 is 1.00 bits per heavy atom. The van der Waals surface area contributed by atoms with Crippen LogP contribution in [-0.4, -0.2) is 46.6 Å². The highest BCUT2D eigenvalue weighted by Crippen LogP contribution is 2.25. The van der Waals surface area contributed by atoms with Gasteiger partial charge in [0, 0.05) is 11.3 Å². The lowest BCUT2D eigenvalue weighted by molar-refractivity contribution is -0.124. The average molecular weight is 577 g/mol. The number of rotatable bonds is 9. The van der Waals surface area contributed by atoms with Crippen molar-refractivity contribution >= 4 is 55.1 Å². The highest BCUT2D eigenvalue weighted by molar-refractivity contribution is 7.93. The molecular weight excluding hydrogens is 552 g/mol. The molecule has 1 atom stereocenters. The Morgan fingerprint density at radius 3 is 2.42 bits per heavy atom. The third-order valence-electron chi connectivity index (χ3n) is 5.88. The number of hydrogen-bond acceptors (Lipinski definition) is 9. The van der Waals surface area contributed by atoms with Crippen molar-refractivity contribution < 1.29 is 22.7 Å². The van der Waals surface area contributed by atoms with Crippen molar-refractivity contribution in [3.63, 3.8) is 0 Å². The van der Waals surface area contributed by atoms with Crippen LogP contribution in [0, 0.1) is 6.92 Å². The minimum absolute atomic E-state index is 0.0148. The summed E-state index contributed by atoms with van der Waals surface area (Å²) in [5, 5.41) is 11.0. The van der Waals surface area contributed by atoms with Gasteiger partial charge < -0.3 is 15.0 Å². The molecule has 1 unspecified atom stereocenters. The monoisotopic (exact) mass is 576 g/mol. The lowest BCUT2D eigenvalue weighted by Gasteiger charge is -2.17. The van der Waals surface area contributed by atoms with Crippen molar-refractivity contribution in [2.75, 3.05) is 10.0 Å². The SMILES string of the molecule is CCC(OC(=O)c1ccccc1-c1nc2ccccc2[nH]1)C(=O)Nc1ccc(S(=O)(=O)Nc2nnc(C)s2)cc1. The molecule has 0 aliphatic carbocycles. The van der Waals surface area contributed by atoms with Gasteiger partial charge in [0.1, 0.15) is 10.8 Å². The lowest BCUT2D eigenvalue weighted by Crippen LogP contribution is -2.32. The molecule has 40 heavy (non-hydrogen) atoms. The molecule has 1 amide bonds. The summed E-state index contributed by atoms with van der Waals surface area (Å²) < 4.78 is 33.2. The van der Waals surface area contributed by atoms with Crippen LogP contribution in [0.1, 0.15) is 28.7 Å². The number of amides is 1. The first-order valence-electron chi connectivity index (χ1n) is 12.2. The molecule has 0 bridgehead atoms. The van der Waals surface area contributed by atoms with Crippen LogP contribution in [0.2, 0.25) is 0 Å². The van der Waals surface area contributed by atoms with Gasteiger partial charge in [0.25, 0.3) is 15.9 Å². The normalized spacial score (nSPS) is 12.2. The van der Waals surface area contributed by atoms with Crippen molar-refractivity contribution in [1.29, 1.82) is 0 Å². The Labute approximate surface area is 233 Å².